The van der Waals surface area contributed by atoms with Gasteiger partial charge >= 0.3 is 0 Å². The van der Waals surface area contributed by atoms with Crippen molar-refractivity contribution in [1.82, 2.24) is 10.2 Å². The lowest BCUT2D eigenvalue weighted by atomic mass is 9.82. The quantitative estimate of drug-likeness (QED) is 0.102. The van der Waals surface area contributed by atoms with Crippen LogP contribution in [0.5, 0.6) is 11.5 Å². The van der Waals surface area contributed by atoms with Crippen molar-refractivity contribution in [3.05, 3.63) is 84.4 Å². The summed E-state index contributed by atoms with van der Waals surface area (Å²) < 4.78 is 18.7. The number of methoxy groups -OCH3 is 1. The van der Waals surface area contributed by atoms with Crippen LogP contribution < -0.4 is 29.8 Å². The molecule has 4 aliphatic heterocycles. The summed E-state index contributed by atoms with van der Waals surface area (Å²) in [6, 6.07) is 18.9. The summed E-state index contributed by atoms with van der Waals surface area (Å²) in [6.07, 6.45) is 4.59. The van der Waals surface area contributed by atoms with Crippen molar-refractivity contribution in [1.29, 1.82) is 0 Å². The monoisotopic (exact) mass is 824 g/mol. The number of unbranched alkanes of at least 4 members (excludes halogenated alkanes) is 1. The first-order valence-electron chi connectivity index (χ1n) is 21.2. The van der Waals surface area contributed by atoms with Gasteiger partial charge in [-0.1, -0.05) is 43.4 Å². The minimum atomic E-state index is -2.56. The highest BCUT2D eigenvalue weighted by Crippen LogP contribution is 2.60. The van der Waals surface area contributed by atoms with Gasteiger partial charge in [0.05, 0.1) is 64.4 Å². The predicted octanol–water partition coefficient (Wildman–Crippen LogP) is 5.17. The van der Waals surface area contributed by atoms with Crippen molar-refractivity contribution >= 4 is 48.0 Å². The molecule has 4 heterocycles. The van der Waals surface area contributed by atoms with E-state index in [9.17, 15) is 19.8 Å². The van der Waals surface area contributed by atoms with Gasteiger partial charge in [-0.25, -0.2) is 0 Å². The van der Waals surface area contributed by atoms with Crippen LogP contribution in [0.2, 0.25) is 18.6 Å². The van der Waals surface area contributed by atoms with E-state index < -0.39 is 25.8 Å². The van der Waals surface area contributed by atoms with Gasteiger partial charge in [-0.05, 0) is 105 Å². The fourth-order valence-electron chi connectivity index (χ4n) is 10.3. The molecule has 12 nitrogen and oxygen atoms in total. The molecule has 0 radical (unpaired) electrons. The van der Waals surface area contributed by atoms with Gasteiger partial charge in [0.25, 0.3) is 5.91 Å². The third-order valence-electron chi connectivity index (χ3n) is 13.2. The number of fused-ring (bicyclic) bond motifs is 3. The van der Waals surface area contributed by atoms with Gasteiger partial charge in [0.15, 0.2) is 5.60 Å². The standard InChI is InChI=1S/C46H60N4O8Si/c1-7-22-49-40-19-13-32(50-39-20-16-35(57-8-2)25-31(39)26-38(44(50)54)47-21-9-10-24-51)27-37(40)46(45(49)55)30(3)43(59(5,6)36-17-14-34(56-4)15-18-36)41(58-46)28-42(53)48-23-11-12-33(48)29-52/h7,13-20,25,27,30,33,38,41,43,47,51-52H,1,8-12,21-24,26,28-29H2,2-6H3/t30-,33+,38?,41+,43-,46+/m1/s1. The number of carbonyl (C=O) groups excluding carboxylic acids is 3. The topological polar surface area (TPSA) is 141 Å². The number of rotatable bonds is 16. The Hall–Kier alpha value is -4.53. The van der Waals surface area contributed by atoms with Crippen LogP contribution in [0.1, 0.15) is 57.1 Å². The predicted molar refractivity (Wildman–Crippen MR) is 232 cm³/mol. The lowest BCUT2D eigenvalue weighted by Crippen LogP contribution is -2.52. The van der Waals surface area contributed by atoms with E-state index in [-0.39, 0.29) is 61.4 Å². The highest BCUT2D eigenvalue weighted by molar-refractivity contribution is 6.91. The second kappa shape index (κ2) is 17.6. The first kappa shape index (κ1) is 42.6. The molecule has 0 saturated carbocycles. The Labute approximate surface area is 349 Å². The molecule has 1 unspecified atom stereocenters. The molecule has 1 spiro atoms. The maximum absolute atomic E-state index is 15.2. The Morgan fingerprint density at radius 2 is 1.80 bits per heavy atom. The molecule has 2 saturated heterocycles. The third kappa shape index (κ3) is 7.60. The Balaban J connectivity index is 1.35. The zero-order valence-corrected chi connectivity index (χ0v) is 36.1. The summed E-state index contributed by atoms with van der Waals surface area (Å²) in [5, 5.41) is 24.1. The zero-order valence-electron chi connectivity index (χ0n) is 35.1. The number of aliphatic hydroxyl groups excluding tert-OH is 2. The van der Waals surface area contributed by atoms with E-state index in [1.807, 2.05) is 55.5 Å². The van der Waals surface area contributed by atoms with E-state index in [4.69, 9.17) is 14.2 Å². The molecule has 0 bridgehead atoms. The Kier molecular flexibility index (Phi) is 12.7. The molecule has 0 aromatic heterocycles. The molecule has 4 aliphatic rings. The first-order chi connectivity index (χ1) is 28.4. The molecular formula is C46H60N4O8Si. The number of likely N-dealkylation sites (tertiary alicyclic amines) is 1. The molecule has 59 heavy (non-hydrogen) atoms. The van der Waals surface area contributed by atoms with E-state index in [2.05, 4.69) is 44.0 Å². The molecule has 7 rings (SSSR count). The summed E-state index contributed by atoms with van der Waals surface area (Å²) in [6.45, 7) is 14.5. The molecule has 0 aliphatic carbocycles. The minimum Gasteiger partial charge on any atom is -0.497 e. The number of amides is 3. The number of nitrogens with one attached hydrogen (secondary N) is 1. The summed E-state index contributed by atoms with van der Waals surface area (Å²) in [5.41, 5.74) is 2.03. The van der Waals surface area contributed by atoms with Crippen LogP contribution in [0.3, 0.4) is 0 Å². The van der Waals surface area contributed by atoms with Crippen LogP contribution in [-0.4, -0.2) is 106 Å². The number of carbonyl (C=O) groups is 3. The smallest absolute Gasteiger partial charge is 0.264 e. The fraction of sp³-hybridized carbons (Fsp3) is 0.500. The number of anilines is 3. The Morgan fingerprint density at radius 1 is 1.05 bits per heavy atom. The van der Waals surface area contributed by atoms with E-state index in [0.717, 1.165) is 47.2 Å². The van der Waals surface area contributed by atoms with Crippen molar-refractivity contribution in [2.45, 2.75) is 94.8 Å². The number of hydrogen-bond donors (Lipinski definition) is 3. The summed E-state index contributed by atoms with van der Waals surface area (Å²) >= 11 is 0. The van der Waals surface area contributed by atoms with Gasteiger partial charge < -0.3 is 39.5 Å². The minimum absolute atomic E-state index is 0.0768. The molecule has 13 heteroatoms. The third-order valence-corrected chi connectivity index (χ3v) is 17.6. The van der Waals surface area contributed by atoms with E-state index in [1.165, 1.54) is 0 Å². The van der Waals surface area contributed by atoms with Gasteiger partial charge in [0, 0.05) is 36.9 Å². The van der Waals surface area contributed by atoms with Crippen molar-refractivity contribution in [3.8, 4) is 11.5 Å². The number of benzene rings is 3. The number of aliphatic hydroxyl groups is 2. The van der Waals surface area contributed by atoms with Crippen LogP contribution in [0.15, 0.2) is 73.3 Å². The lowest BCUT2D eigenvalue weighted by molar-refractivity contribution is -0.149. The molecule has 316 valence electrons. The molecule has 3 N–H and O–H groups in total. The van der Waals surface area contributed by atoms with Crippen LogP contribution in [0, 0.1) is 5.92 Å². The number of nitrogens with zero attached hydrogens (tertiary/aromatic N) is 3. The van der Waals surface area contributed by atoms with Gasteiger partial charge in [-0.15, -0.1) is 6.58 Å². The van der Waals surface area contributed by atoms with Crippen LogP contribution >= 0.6 is 0 Å². The first-order valence-corrected chi connectivity index (χ1v) is 24.3. The largest absolute Gasteiger partial charge is 0.497 e. The summed E-state index contributed by atoms with van der Waals surface area (Å²) in [5.74, 6) is 0.695. The van der Waals surface area contributed by atoms with Crippen molar-refractivity contribution in [2.24, 2.45) is 5.92 Å². The molecular weight excluding hydrogens is 765 g/mol. The Morgan fingerprint density at radius 3 is 2.49 bits per heavy atom. The highest BCUT2D eigenvalue weighted by Gasteiger charge is 2.66. The highest BCUT2D eigenvalue weighted by atomic mass is 28.3. The van der Waals surface area contributed by atoms with Crippen molar-refractivity contribution < 1.29 is 38.8 Å². The van der Waals surface area contributed by atoms with Crippen LogP contribution in [0.25, 0.3) is 0 Å². The second-order valence-corrected chi connectivity index (χ2v) is 21.6. The SMILES string of the molecule is C=CCN1C(=O)[C@@]2(O[C@@H](CC(=O)N3CCC[C@H]3CO)[C@H]([Si](C)(C)c3ccc(OC)cc3)[C@H]2C)c2cc(N3C(=O)C(NCCCCO)Cc4cc(OCC)ccc43)ccc21. The maximum Gasteiger partial charge on any atom is 0.264 e. The van der Waals surface area contributed by atoms with Crippen molar-refractivity contribution in [2.75, 3.05) is 56.4 Å². The molecule has 6 atom stereocenters. The summed E-state index contributed by atoms with van der Waals surface area (Å²) in [4.78, 5) is 49.3. The maximum atomic E-state index is 15.2. The van der Waals surface area contributed by atoms with E-state index in [1.54, 1.807) is 27.9 Å². The summed E-state index contributed by atoms with van der Waals surface area (Å²) in [7, 11) is -0.918. The molecule has 2 fully saturated rings. The second-order valence-electron chi connectivity index (χ2n) is 16.9. The lowest BCUT2D eigenvalue weighted by Gasteiger charge is -2.37. The van der Waals surface area contributed by atoms with E-state index in [0.29, 0.717) is 49.5 Å². The van der Waals surface area contributed by atoms with Gasteiger partial charge in [-0.3, -0.25) is 19.3 Å². The number of hydrogen-bond acceptors (Lipinski definition) is 9. The fourth-order valence-corrected chi connectivity index (χ4v) is 14.3. The van der Waals surface area contributed by atoms with Crippen LogP contribution in [-0.2, 0) is 31.1 Å². The van der Waals surface area contributed by atoms with Crippen LogP contribution in [0.4, 0.5) is 17.1 Å². The molecule has 3 aromatic carbocycles. The molecule has 3 aromatic rings. The average molecular weight is 825 g/mol. The normalized spacial score (nSPS) is 25.1. The van der Waals surface area contributed by atoms with Gasteiger partial charge in [-0.2, -0.15) is 0 Å². The number of ether oxygens (including phenoxy) is 3. The van der Waals surface area contributed by atoms with Gasteiger partial charge in [0.1, 0.15) is 11.5 Å². The van der Waals surface area contributed by atoms with E-state index >= 15 is 4.79 Å². The van der Waals surface area contributed by atoms with Crippen molar-refractivity contribution in [3.63, 3.8) is 0 Å². The Bertz CT molecular complexity index is 2040. The zero-order chi connectivity index (χ0) is 42.1. The molecule has 3 amide bonds. The average Bonchev–Trinajstić information content (AvgIpc) is 3.90. The van der Waals surface area contributed by atoms with Gasteiger partial charge in [0.2, 0.25) is 11.8 Å².